The molecule has 0 spiro atoms. The van der Waals surface area contributed by atoms with Gasteiger partial charge in [-0.15, -0.1) is 0 Å². The maximum absolute atomic E-state index is 11.6. The molecule has 1 heterocycles. The monoisotopic (exact) mass is 223 g/mol. The van der Waals surface area contributed by atoms with Crippen molar-refractivity contribution in [2.75, 3.05) is 18.5 Å². The van der Waals surface area contributed by atoms with E-state index < -0.39 is 0 Å². The van der Waals surface area contributed by atoms with Crippen molar-refractivity contribution in [3.05, 3.63) is 22.6 Å². The molecule has 1 saturated carbocycles. The second-order valence-electron chi connectivity index (χ2n) is 4.21. The molecule has 5 nitrogen and oxygen atoms in total. The Morgan fingerprint density at radius 2 is 2.38 bits per heavy atom. The van der Waals surface area contributed by atoms with Crippen LogP contribution in [0.4, 0.5) is 5.69 Å². The van der Waals surface area contributed by atoms with Crippen LogP contribution < -0.4 is 10.9 Å². The molecule has 16 heavy (non-hydrogen) atoms. The Bertz CT molecular complexity index is 398. The molecule has 0 bridgehead atoms. The summed E-state index contributed by atoms with van der Waals surface area (Å²) in [6.07, 6.45) is 4.80. The van der Waals surface area contributed by atoms with Crippen molar-refractivity contribution in [1.29, 1.82) is 0 Å². The van der Waals surface area contributed by atoms with Crippen molar-refractivity contribution in [3.8, 4) is 0 Å². The second-order valence-corrected chi connectivity index (χ2v) is 4.21. The lowest BCUT2D eigenvalue weighted by atomic mass is 10.4. The van der Waals surface area contributed by atoms with Crippen LogP contribution in [0.25, 0.3) is 0 Å². The standard InChI is InChI=1S/C11H17N3O2/c15-5-1-4-14-11(16)6-10(8-13-14)12-7-9-2-3-9/h6,8-9,12,15H,1-5,7H2. The number of anilines is 1. The van der Waals surface area contributed by atoms with Gasteiger partial charge in [0, 0.05) is 25.8 Å². The van der Waals surface area contributed by atoms with E-state index in [0.717, 1.165) is 18.2 Å². The van der Waals surface area contributed by atoms with E-state index in [4.69, 9.17) is 5.11 Å². The highest BCUT2D eigenvalue weighted by molar-refractivity contribution is 5.38. The Hall–Kier alpha value is -1.36. The summed E-state index contributed by atoms with van der Waals surface area (Å²) in [4.78, 5) is 11.6. The molecule has 1 aliphatic carbocycles. The number of hydrogen-bond donors (Lipinski definition) is 2. The quantitative estimate of drug-likeness (QED) is 0.734. The van der Waals surface area contributed by atoms with Crippen molar-refractivity contribution in [2.24, 2.45) is 5.92 Å². The lowest BCUT2D eigenvalue weighted by molar-refractivity contribution is 0.275. The lowest BCUT2D eigenvalue weighted by Gasteiger charge is -2.06. The van der Waals surface area contributed by atoms with Crippen LogP contribution in [0.1, 0.15) is 19.3 Å². The van der Waals surface area contributed by atoms with E-state index in [9.17, 15) is 4.79 Å². The predicted molar refractivity (Wildman–Crippen MR) is 61.4 cm³/mol. The molecule has 0 saturated heterocycles. The fourth-order valence-corrected chi connectivity index (χ4v) is 1.50. The molecule has 88 valence electrons. The molecule has 0 unspecified atom stereocenters. The Morgan fingerprint density at radius 3 is 3.00 bits per heavy atom. The number of aryl methyl sites for hydroxylation is 1. The van der Waals surface area contributed by atoms with Crippen LogP contribution in [-0.2, 0) is 6.54 Å². The van der Waals surface area contributed by atoms with Gasteiger partial charge in [-0.05, 0) is 25.2 Å². The number of aliphatic hydroxyl groups excluding tert-OH is 1. The highest BCUT2D eigenvalue weighted by atomic mass is 16.3. The molecular formula is C11H17N3O2. The van der Waals surface area contributed by atoms with Crippen molar-refractivity contribution < 1.29 is 5.11 Å². The maximum atomic E-state index is 11.6. The Morgan fingerprint density at radius 1 is 1.56 bits per heavy atom. The average Bonchev–Trinajstić information content (AvgIpc) is 3.09. The van der Waals surface area contributed by atoms with E-state index >= 15 is 0 Å². The van der Waals surface area contributed by atoms with Crippen molar-refractivity contribution >= 4 is 5.69 Å². The van der Waals surface area contributed by atoms with Crippen molar-refractivity contribution in [1.82, 2.24) is 9.78 Å². The van der Waals surface area contributed by atoms with E-state index in [0.29, 0.717) is 13.0 Å². The van der Waals surface area contributed by atoms with Gasteiger partial charge in [0.1, 0.15) is 0 Å². The minimum atomic E-state index is -0.116. The zero-order valence-corrected chi connectivity index (χ0v) is 9.22. The Kier molecular flexibility index (Phi) is 3.56. The topological polar surface area (TPSA) is 67.2 Å². The van der Waals surface area contributed by atoms with Gasteiger partial charge in [0.2, 0.25) is 0 Å². The molecule has 0 aromatic carbocycles. The van der Waals surface area contributed by atoms with E-state index in [1.54, 1.807) is 12.3 Å². The number of aromatic nitrogens is 2. The molecule has 2 N–H and O–H groups in total. The number of rotatable bonds is 6. The summed E-state index contributed by atoms with van der Waals surface area (Å²) in [6, 6.07) is 1.56. The normalized spacial score (nSPS) is 15.1. The van der Waals surface area contributed by atoms with Gasteiger partial charge in [0.25, 0.3) is 5.56 Å². The zero-order chi connectivity index (χ0) is 11.4. The smallest absolute Gasteiger partial charge is 0.268 e. The van der Waals surface area contributed by atoms with Gasteiger partial charge in [-0.3, -0.25) is 4.79 Å². The van der Waals surface area contributed by atoms with E-state index in [1.807, 2.05) is 0 Å². The molecule has 1 aliphatic rings. The molecule has 0 radical (unpaired) electrons. The molecule has 1 fully saturated rings. The Balaban J connectivity index is 1.94. The summed E-state index contributed by atoms with van der Waals surface area (Å²) >= 11 is 0. The van der Waals surface area contributed by atoms with Crippen LogP contribution in [0.5, 0.6) is 0 Å². The fourth-order valence-electron chi connectivity index (χ4n) is 1.50. The largest absolute Gasteiger partial charge is 0.396 e. The summed E-state index contributed by atoms with van der Waals surface area (Å²) < 4.78 is 1.37. The lowest BCUT2D eigenvalue weighted by Crippen LogP contribution is -2.23. The highest BCUT2D eigenvalue weighted by Crippen LogP contribution is 2.28. The van der Waals surface area contributed by atoms with Gasteiger partial charge in [0.15, 0.2) is 0 Å². The van der Waals surface area contributed by atoms with E-state index in [2.05, 4.69) is 10.4 Å². The summed E-state index contributed by atoms with van der Waals surface area (Å²) in [6.45, 7) is 1.48. The number of hydrogen-bond acceptors (Lipinski definition) is 4. The molecule has 1 aromatic rings. The van der Waals surface area contributed by atoms with Crippen LogP contribution in [0.3, 0.4) is 0 Å². The summed E-state index contributed by atoms with van der Waals surface area (Å²) in [7, 11) is 0. The zero-order valence-electron chi connectivity index (χ0n) is 9.22. The highest BCUT2D eigenvalue weighted by Gasteiger charge is 2.20. The first kappa shape index (κ1) is 11.1. The van der Waals surface area contributed by atoms with Gasteiger partial charge in [0.05, 0.1) is 11.9 Å². The van der Waals surface area contributed by atoms with Crippen LogP contribution in [0.15, 0.2) is 17.1 Å². The number of nitrogens with one attached hydrogen (secondary N) is 1. The molecule has 1 aromatic heterocycles. The van der Waals surface area contributed by atoms with Crippen LogP contribution in [-0.4, -0.2) is 28.0 Å². The molecule has 0 atom stereocenters. The molecular weight excluding hydrogens is 206 g/mol. The first-order valence-electron chi connectivity index (χ1n) is 5.71. The number of aliphatic hydroxyl groups is 1. The third kappa shape index (κ3) is 3.06. The summed E-state index contributed by atoms with van der Waals surface area (Å²) in [5.41, 5.74) is 0.673. The minimum absolute atomic E-state index is 0.0792. The van der Waals surface area contributed by atoms with Crippen LogP contribution in [0, 0.1) is 5.92 Å². The first-order valence-corrected chi connectivity index (χ1v) is 5.71. The van der Waals surface area contributed by atoms with E-state index in [1.165, 1.54) is 17.5 Å². The van der Waals surface area contributed by atoms with Gasteiger partial charge >= 0.3 is 0 Å². The maximum Gasteiger partial charge on any atom is 0.268 e. The third-order valence-electron chi connectivity index (χ3n) is 2.69. The summed E-state index contributed by atoms with van der Waals surface area (Å²) in [5, 5.41) is 15.9. The minimum Gasteiger partial charge on any atom is -0.396 e. The van der Waals surface area contributed by atoms with Gasteiger partial charge in [-0.2, -0.15) is 5.10 Å². The average molecular weight is 223 g/mol. The molecule has 2 rings (SSSR count). The predicted octanol–water partition coefficient (Wildman–Crippen LogP) is 0.448. The summed E-state index contributed by atoms with van der Waals surface area (Å²) in [5.74, 6) is 0.775. The SMILES string of the molecule is O=c1cc(NCC2CC2)cnn1CCCO. The van der Waals surface area contributed by atoms with Crippen LogP contribution in [0.2, 0.25) is 0 Å². The van der Waals surface area contributed by atoms with Crippen molar-refractivity contribution in [2.45, 2.75) is 25.8 Å². The van der Waals surface area contributed by atoms with Gasteiger partial charge < -0.3 is 10.4 Å². The fraction of sp³-hybridized carbons (Fsp3) is 0.636. The van der Waals surface area contributed by atoms with E-state index in [-0.39, 0.29) is 12.2 Å². The first-order chi connectivity index (χ1) is 7.79. The van der Waals surface area contributed by atoms with Gasteiger partial charge in [-0.1, -0.05) is 0 Å². The van der Waals surface area contributed by atoms with Crippen molar-refractivity contribution in [3.63, 3.8) is 0 Å². The van der Waals surface area contributed by atoms with Crippen LogP contribution >= 0.6 is 0 Å². The molecule has 0 amide bonds. The number of nitrogens with zero attached hydrogens (tertiary/aromatic N) is 2. The van der Waals surface area contributed by atoms with Gasteiger partial charge in [-0.25, -0.2) is 4.68 Å². The second kappa shape index (κ2) is 5.12. The Labute approximate surface area is 94.1 Å². The molecule has 5 heteroatoms. The molecule has 0 aliphatic heterocycles. The third-order valence-corrected chi connectivity index (χ3v) is 2.69.